The van der Waals surface area contributed by atoms with Crippen molar-refractivity contribution in [3.8, 4) is 44.8 Å². The van der Waals surface area contributed by atoms with Crippen molar-refractivity contribution in [3.05, 3.63) is 279 Å². The Morgan fingerprint density at radius 2 is 0.658 bits per heavy atom. The second-order valence-corrected chi connectivity index (χ2v) is 23.3. The van der Waals surface area contributed by atoms with E-state index in [0.29, 0.717) is 22.2 Å². The van der Waals surface area contributed by atoms with Gasteiger partial charge in [-0.15, -0.1) is 22.7 Å². The molecule has 4 heterocycles. The molecule has 14 aromatic rings. The van der Waals surface area contributed by atoms with Gasteiger partial charge in [0.15, 0.2) is 0 Å². The Hall–Kier alpha value is -9.51. The largest absolute Gasteiger partial charge is 0.311 e. The van der Waals surface area contributed by atoms with E-state index in [1.807, 2.05) is 84.9 Å². The standard InChI is InChI=1S/C70H46N4O2S3/c75-79(76,65-45-49(61-31-13-15-41-71-61)43-63-67(65)59-29-17-27-57(69(59)77-63)47-33-37-55(38-34-47)73(51-19-5-1-6-20-51)52-21-7-2-8-22-52)66-46-50(62-32-14-16-42-72-62)44-64-68(66)60-30-18-28-58(70(60)78-64)48-35-39-56(40-36-48)74(53-23-9-3-10-24-53)54-25-11-4-12-26-54/h1-46H. The topological polar surface area (TPSA) is 66.4 Å². The minimum Gasteiger partial charge on any atom is -0.311 e. The van der Waals surface area contributed by atoms with Crippen LogP contribution < -0.4 is 9.80 Å². The number of sulfone groups is 1. The molecule has 0 saturated heterocycles. The maximum Gasteiger partial charge on any atom is 0.207 e. The molecule has 6 nitrogen and oxygen atoms in total. The number of rotatable bonds is 12. The number of hydrogen-bond acceptors (Lipinski definition) is 8. The Morgan fingerprint density at radius 3 is 1.00 bits per heavy atom. The van der Waals surface area contributed by atoms with Crippen molar-refractivity contribution in [2.75, 3.05) is 9.80 Å². The minimum atomic E-state index is -4.32. The molecule has 0 radical (unpaired) electrons. The van der Waals surface area contributed by atoms with Crippen LogP contribution in [0.4, 0.5) is 34.1 Å². The van der Waals surface area contributed by atoms with Gasteiger partial charge in [0.1, 0.15) is 0 Å². The van der Waals surface area contributed by atoms with Gasteiger partial charge in [0.2, 0.25) is 9.84 Å². The van der Waals surface area contributed by atoms with E-state index in [1.54, 1.807) is 35.1 Å². The van der Waals surface area contributed by atoms with Crippen molar-refractivity contribution in [2.45, 2.75) is 9.79 Å². The molecule has 79 heavy (non-hydrogen) atoms. The smallest absolute Gasteiger partial charge is 0.207 e. The van der Waals surface area contributed by atoms with E-state index in [0.717, 1.165) is 97.1 Å². The molecule has 14 rings (SSSR count). The highest BCUT2D eigenvalue weighted by molar-refractivity contribution is 7.92. The van der Waals surface area contributed by atoms with Gasteiger partial charge in [-0.05, 0) is 144 Å². The molecule has 0 aliphatic heterocycles. The third kappa shape index (κ3) is 8.71. The lowest BCUT2D eigenvalue weighted by Crippen LogP contribution is -2.09. The highest BCUT2D eigenvalue weighted by atomic mass is 32.2. The minimum absolute atomic E-state index is 0.234. The average Bonchev–Trinajstić information content (AvgIpc) is 4.20. The highest BCUT2D eigenvalue weighted by Gasteiger charge is 2.30. The molecule has 0 aliphatic carbocycles. The van der Waals surface area contributed by atoms with Gasteiger partial charge < -0.3 is 9.80 Å². The van der Waals surface area contributed by atoms with Gasteiger partial charge >= 0.3 is 0 Å². The van der Waals surface area contributed by atoms with Crippen molar-refractivity contribution in [1.82, 2.24) is 9.97 Å². The van der Waals surface area contributed by atoms with E-state index in [-0.39, 0.29) is 9.79 Å². The Kier molecular flexibility index (Phi) is 12.2. The lowest BCUT2D eigenvalue weighted by molar-refractivity contribution is 0.598. The average molecular weight is 1070 g/mol. The maximum atomic E-state index is 16.5. The molecule has 0 atom stereocenters. The third-order valence-corrected chi connectivity index (χ3v) is 18.7. The molecule has 0 unspecified atom stereocenters. The number of fused-ring (bicyclic) bond motifs is 6. The molecule has 0 aliphatic rings. The lowest BCUT2D eigenvalue weighted by atomic mass is 10.0. The van der Waals surface area contributed by atoms with Crippen LogP contribution in [0.2, 0.25) is 0 Å². The number of pyridine rings is 2. The maximum absolute atomic E-state index is 16.5. The fourth-order valence-corrected chi connectivity index (χ4v) is 15.4. The lowest BCUT2D eigenvalue weighted by Gasteiger charge is -2.25. The number of anilines is 6. The quantitative estimate of drug-likeness (QED) is 0.121. The van der Waals surface area contributed by atoms with Crippen LogP contribution in [-0.4, -0.2) is 18.4 Å². The summed E-state index contributed by atoms with van der Waals surface area (Å²) in [7, 11) is -4.32. The molecule has 0 N–H and O–H groups in total. The Morgan fingerprint density at radius 1 is 0.316 bits per heavy atom. The first-order valence-corrected chi connectivity index (χ1v) is 29.1. The summed E-state index contributed by atoms with van der Waals surface area (Å²) in [4.78, 5) is 14.5. The van der Waals surface area contributed by atoms with Gasteiger partial charge in [0.05, 0.1) is 21.2 Å². The molecule has 4 aromatic heterocycles. The summed E-state index contributed by atoms with van der Waals surface area (Å²) in [6.45, 7) is 0. The van der Waals surface area contributed by atoms with Crippen LogP contribution in [0, 0.1) is 0 Å². The number of nitrogens with zero attached hydrogens (tertiary/aromatic N) is 4. The van der Waals surface area contributed by atoms with Gasteiger partial charge in [-0.2, -0.15) is 0 Å². The number of benzene rings is 10. The van der Waals surface area contributed by atoms with E-state index in [4.69, 9.17) is 9.97 Å². The first-order valence-electron chi connectivity index (χ1n) is 26.0. The molecule has 376 valence electrons. The van der Waals surface area contributed by atoms with E-state index < -0.39 is 9.84 Å². The molecule has 0 saturated carbocycles. The highest BCUT2D eigenvalue weighted by Crippen LogP contribution is 2.50. The molecular weight excluding hydrogens is 1020 g/mol. The van der Waals surface area contributed by atoms with Crippen LogP contribution in [-0.2, 0) is 9.84 Å². The fraction of sp³-hybridized carbons (Fsp3) is 0. The third-order valence-electron chi connectivity index (χ3n) is 14.6. The molecular formula is C70H46N4O2S3. The summed E-state index contributed by atoms with van der Waals surface area (Å²) in [5.74, 6) is 0. The van der Waals surface area contributed by atoms with Crippen LogP contribution in [0.5, 0.6) is 0 Å². The summed E-state index contributed by atoms with van der Waals surface area (Å²) in [6, 6.07) is 90.7. The Balaban J connectivity index is 0.937. The van der Waals surface area contributed by atoms with Gasteiger partial charge in [-0.3, -0.25) is 9.97 Å². The van der Waals surface area contributed by atoms with E-state index in [2.05, 4.69) is 192 Å². The van der Waals surface area contributed by atoms with Gasteiger partial charge in [0, 0.05) is 98.0 Å². The van der Waals surface area contributed by atoms with Gasteiger partial charge in [0.25, 0.3) is 0 Å². The van der Waals surface area contributed by atoms with Crippen LogP contribution in [0.3, 0.4) is 0 Å². The number of hydrogen-bond donors (Lipinski definition) is 0. The summed E-state index contributed by atoms with van der Waals surface area (Å²) in [5.41, 5.74) is 13.2. The van der Waals surface area contributed by atoms with Crippen LogP contribution in [0.1, 0.15) is 0 Å². The number of aromatic nitrogens is 2. The van der Waals surface area contributed by atoms with Crippen LogP contribution in [0.25, 0.3) is 85.1 Å². The number of thiophene rings is 2. The summed E-state index contributed by atoms with van der Waals surface area (Å²) >= 11 is 3.23. The van der Waals surface area contributed by atoms with Gasteiger partial charge in [-0.25, -0.2) is 8.42 Å². The summed E-state index contributed by atoms with van der Waals surface area (Å²) in [5, 5.41) is 3.13. The normalized spacial score (nSPS) is 11.6. The van der Waals surface area contributed by atoms with E-state index in [9.17, 15) is 0 Å². The summed E-state index contributed by atoms with van der Waals surface area (Å²) < 4.78 is 36.6. The van der Waals surface area contributed by atoms with Crippen molar-refractivity contribution < 1.29 is 8.42 Å². The summed E-state index contributed by atoms with van der Waals surface area (Å²) in [6.07, 6.45) is 3.50. The monoisotopic (exact) mass is 1070 g/mol. The first kappa shape index (κ1) is 47.9. The zero-order chi connectivity index (χ0) is 52.9. The number of para-hydroxylation sites is 4. The Labute approximate surface area is 466 Å². The van der Waals surface area contributed by atoms with Crippen LogP contribution >= 0.6 is 22.7 Å². The zero-order valence-electron chi connectivity index (χ0n) is 42.4. The van der Waals surface area contributed by atoms with Crippen molar-refractivity contribution in [2.24, 2.45) is 0 Å². The molecule has 0 fully saturated rings. The second-order valence-electron chi connectivity index (χ2n) is 19.3. The molecule has 9 heteroatoms. The van der Waals surface area contributed by atoms with Crippen LogP contribution in [0.15, 0.2) is 289 Å². The van der Waals surface area contributed by atoms with E-state index >= 15 is 8.42 Å². The van der Waals surface area contributed by atoms with Crippen molar-refractivity contribution in [3.63, 3.8) is 0 Å². The molecule has 0 bridgehead atoms. The molecule has 0 spiro atoms. The first-order chi connectivity index (χ1) is 38.9. The SMILES string of the molecule is O=S(=O)(c1cc(-c2ccccn2)cc2sc3c(-c4ccc(N(c5ccccc5)c5ccccc5)cc4)cccc3c12)c1cc(-c2ccccn2)cc2sc3c(-c4ccc(N(c5ccccc5)c5ccccc5)cc4)cccc3c12. The Bertz CT molecular complexity index is 4260. The van der Waals surface area contributed by atoms with Crippen molar-refractivity contribution >= 4 is 107 Å². The second kappa shape index (κ2) is 20.1. The van der Waals surface area contributed by atoms with Gasteiger partial charge in [-0.1, -0.05) is 146 Å². The molecule has 10 aromatic carbocycles. The van der Waals surface area contributed by atoms with Crippen molar-refractivity contribution in [1.29, 1.82) is 0 Å². The predicted octanol–water partition coefficient (Wildman–Crippen LogP) is 19.7. The molecule has 0 amide bonds. The fourth-order valence-electron chi connectivity index (χ4n) is 10.9. The zero-order valence-corrected chi connectivity index (χ0v) is 44.8. The predicted molar refractivity (Wildman–Crippen MR) is 331 cm³/mol. The van der Waals surface area contributed by atoms with E-state index in [1.165, 1.54) is 0 Å².